The molecule has 1 aromatic heterocycles. The normalized spacial score (nSPS) is 18.9. The zero-order valence-electron chi connectivity index (χ0n) is 18.2. The number of aromatic nitrogens is 1. The van der Waals surface area contributed by atoms with Crippen LogP contribution in [0.25, 0.3) is 0 Å². The highest BCUT2D eigenvalue weighted by Gasteiger charge is 2.29. The topological polar surface area (TPSA) is 117 Å². The number of rotatable bonds is 6. The molecule has 1 aliphatic heterocycles. The maximum absolute atomic E-state index is 12.7. The maximum atomic E-state index is 12.7. The molecule has 0 radical (unpaired) electrons. The largest absolute Gasteiger partial charge is 0.489 e. The molecule has 9 nitrogen and oxygen atoms in total. The van der Waals surface area contributed by atoms with Crippen LogP contribution in [0.5, 0.6) is 5.75 Å². The molecular weight excluding hydrogens is 400 g/mol. The van der Waals surface area contributed by atoms with Gasteiger partial charge in [-0.2, -0.15) is 0 Å². The number of hydrogen-bond acceptors (Lipinski definition) is 6. The van der Waals surface area contributed by atoms with Crippen LogP contribution in [0.2, 0.25) is 0 Å². The summed E-state index contributed by atoms with van der Waals surface area (Å²) in [4.78, 5) is 26.5. The van der Waals surface area contributed by atoms with Gasteiger partial charge in [0.25, 0.3) is 5.91 Å². The van der Waals surface area contributed by atoms with Crippen molar-refractivity contribution in [3.05, 3.63) is 46.8 Å². The van der Waals surface area contributed by atoms with E-state index in [1.54, 1.807) is 29.2 Å². The van der Waals surface area contributed by atoms with Crippen LogP contribution in [0.3, 0.4) is 0 Å². The van der Waals surface area contributed by atoms with Gasteiger partial charge in [0, 0.05) is 25.2 Å². The highest BCUT2D eigenvalue weighted by atomic mass is 16.5. The molecule has 0 saturated carbocycles. The highest BCUT2D eigenvalue weighted by Crippen LogP contribution is 2.18. The van der Waals surface area contributed by atoms with E-state index in [0.717, 1.165) is 17.0 Å². The van der Waals surface area contributed by atoms with Gasteiger partial charge in [0.1, 0.15) is 18.1 Å². The summed E-state index contributed by atoms with van der Waals surface area (Å²) in [5.41, 5.74) is 2.14. The molecule has 2 atom stereocenters. The number of aryl methyl sites for hydroxylation is 2. The zero-order chi connectivity index (χ0) is 22.4. The molecule has 3 rings (SSSR count). The molecule has 9 heteroatoms. The van der Waals surface area contributed by atoms with Crippen molar-refractivity contribution in [1.29, 1.82) is 0 Å². The molecule has 31 heavy (non-hydrogen) atoms. The minimum atomic E-state index is -0.707. The Labute approximate surface area is 181 Å². The predicted molar refractivity (Wildman–Crippen MR) is 114 cm³/mol. The summed E-state index contributed by atoms with van der Waals surface area (Å²) in [5.74, 6) is 1.03. The van der Waals surface area contributed by atoms with Crippen LogP contribution in [-0.2, 0) is 6.61 Å². The first-order chi connectivity index (χ1) is 14.9. The summed E-state index contributed by atoms with van der Waals surface area (Å²) in [6.07, 6.45) is 0.498. The molecule has 3 N–H and O–H groups in total. The molecule has 2 heterocycles. The summed E-state index contributed by atoms with van der Waals surface area (Å²) in [6.45, 7) is 7.21. The number of urea groups is 1. The van der Waals surface area contributed by atoms with Crippen molar-refractivity contribution in [1.82, 2.24) is 20.7 Å². The fourth-order valence-corrected chi connectivity index (χ4v) is 3.55. The quantitative estimate of drug-likeness (QED) is 0.647. The van der Waals surface area contributed by atoms with Gasteiger partial charge in [-0.15, -0.1) is 0 Å². The molecular formula is C22H30N4O5. The zero-order valence-corrected chi connectivity index (χ0v) is 18.2. The Morgan fingerprint density at radius 3 is 2.68 bits per heavy atom. The SMILES string of the molecule is CCNC(=O)N1CCC[C@@H](O)[C@H](NC(=O)c2ccc(OCc3c(C)noc3C)cc2)C1. The summed E-state index contributed by atoms with van der Waals surface area (Å²) in [7, 11) is 0. The average Bonchev–Trinajstić information content (AvgIpc) is 2.96. The van der Waals surface area contributed by atoms with Crippen LogP contribution in [0.4, 0.5) is 4.79 Å². The molecule has 2 aromatic rings. The van der Waals surface area contributed by atoms with Gasteiger partial charge >= 0.3 is 6.03 Å². The Balaban J connectivity index is 1.59. The third-order valence-electron chi connectivity index (χ3n) is 5.42. The smallest absolute Gasteiger partial charge is 0.317 e. The molecule has 1 aliphatic rings. The highest BCUT2D eigenvalue weighted by molar-refractivity contribution is 5.94. The van der Waals surface area contributed by atoms with Crippen LogP contribution in [0, 0.1) is 13.8 Å². The maximum Gasteiger partial charge on any atom is 0.317 e. The van der Waals surface area contributed by atoms with E-state index in [2.05, 4.69) is 15.8 Å². The Morgan fingerprint density at radius 2 is 2.03 bits per heavy atom. The Hall–Kier alpha value is -3.07. The summed E-state index contributed by atoms with van der Waals surface area (Å²) < 4.78 is 10.9. The number of carbonyl (C=O) groups is 2. The first-order valence-corrected chi connectivity index (χ1v) is 10.5. The Kier molecular flexibility index (Phi) is 7.51. The standard InChI is InChI=1S/C22H30N4O5/c1-4-23-22(29)26-11-5-6-20(27)19(12-26)24-21(28)16-7-9-17(10-8-16)30-13-18-14(2)25-31-15(18)3/h7-10,19-20,27H,4-6,11-13H2,1-3H3,(H,23,29)(H,24,28)/t19-,20-/m1/s1. The van der Waals surface area contributed by atoms with E-state index < -0.39 is 12.1 Å². The molecule has 3 amide bonds. The fraction of sp³-hybridized carbons (Fsp3) is 0.500. The number of benzene rings is 1. The summed E-state index contributed by atoms with van der Waals surface area (Å²) in [6, 6.07) is 6.06. The molecule has 0 unspecified atom stereocenters. The van der Waals surface area contributed by atoms with E-state index in [4.69, 9.17) is 9.26 Å². The van der Waals surface area contributed by atoms with Gasteiger partial charge in [-0.25, -0.2) is 4.79 Å². The molecule has 168 valence electrons. The summed E-state index contributed by atoms with van der Waals surface area (Å²) in [5, 5.41) is 20.0. The van der Waals surface area contributed by atoms with Crippen molar-refractivity contribution in [2.75, 3.05) is 19.6 Å². The third-order valence-corrected chi connectivity index (χ3v) is 5.42. The van der Waals surface area contributed by atoms with E-state index >= 15 is 0 Å². The van der Waals surface area contributed by atoms with Crippen molar-refractivity contribution in [3.8, 4) is 5.75 Å². The monoisotopic (exact) mass is 430 g/mol. The molecule has 1 aromatic carbocycles. The Morgan fingerprint density at radius 1 is 1.29 bits per heavy atom. The average molecular weight is 431 g/mol. The van der Waals surface area contributed by atoms with Crippen LogP contribution >= 0.6 is 0 Å². The van der Waals surface area contributed by atoms with Gasteiger partial charge < -0.3 is 29.9 Å². The lowest BCUT2D eigenvalue weighted by Crippen LogP contribution is -2.51. The van der Waals surface area contributed by atoms with Crippen molar-refractivity contribution < 1.29 is 24.0 Å². The Bertz CT molecular complexity index is 876. The van der Waals surface area contributed by atoms with E-state index in [-0.39, 0.29) is 18.5 Å². The fourth-order valence-electron chi connectivity index (χ4n) is 3.55. The number of amides is 3. The molecule has 0 spiro atoms. The number of nitrogens with zero attached hydrogens (tertiary/aromatic N) is 2. The van der Waals surface area contributed by atoms with E-state index in [9.17, 15) is 14.7 Å². The van der Waals surface area contributed by atoms with Gasteiger partial charge in [-0.1, -0.05) is 5.16 Å². The predicted octanol–water partition coefficient (Wildman–Crippen LogP) is 2.16. The lowest BCUT2D eigenvalue weighted by molar-refractivity contribution is 0.0809. The lowest BCUT2D eigenvalue weighted by Gasteiger charge is -2.27. The first kappa shape index (κ1) is 22.6. The first-order valence-electron chi connectivity index (χ1n) is 10.5. The van der Waals surface area contributed by atoms with E-state index in [1.807, 2.05) is 20.8 Å². The lowest BCUT2D eigenvalue weighted by atomic mass is 10.1. The summed E-state index contributed by atoms with van der Waals surface area (Å²) >= 11 is 0. The number of ether oxygens (including phenoxy) is 1. The van der Waals surface area contributed by atoms with E-state index in [0.29, 0.717) is 43.9 Å². The van der Waals surface area contributed by atoms with Crippen LogP contribution in [-0.4, -0.2) is 58.9 Å². The van der Waals surface area contributed by atoms with Crippen molar-refractivity contribution in [2.24, 2.45) is 0 Å². The van der Waals surface area contributed by atoms with Gasteiger partial charge in [-0.05, 0) is 57.9 Å². The second-order valence-corrected chi connectivity index (χ2v) is 7.69. The van der Waals surface area contributed by atoms with E-state index in [1.165, 1.54) is 0 Å². The number of hydrogen-bond donors (Lipinski definition) is 3. The molecule has 0 bridgehead atoms. The van der Waals surface area contributed by atoms with Gasteiger partial charge in [0.05, 0.1) is 23.4 Å². The number of aliphatic hydroxyl groups excluding tert-OH is 1. The second kappa shape index (κ2) is 10.3. The number of likely N-dealkylation sites (tertiary alicyclic amines) is 1. The molecule has 1 fully saturated rings. The third kappa shape index (κ3) is 5.75. The van der Waals surface area contributed by atoms with Gasteiger partial charge in [0.2, 0.25) is 0 Å². The molecule has 1 saturated heterocycles. The van der Waals surface area contributed by atoms with Crippen molar-refractivity contribution in [2.45, 2.75) is 52.4 Å². The van der Waals surface area contributed by atoms with Crippen molar-refractivity contribution >= 4 is 11.9 Å². The minimum Gasteiger partial charge on any atom is -0.489 e. The second-order valence-electron chi connectivity index (χ2n) is 7.69. The van der Waals surface area contributed by atoms with Gasteiger partial charge in [-0.3, -0.25) is 4.79 Å². The minimum absolute atomic E-state index is 0.185. The van der Waals surface area contributed by atoms with Crippen molar-refractivity contribution in [3.63, 3.8) is 0 Å². The number of carbonyl (C=O) groups excluding carboxylic acids is 2. The number of nitrogens with one attached hydrogen (secondary N) is 2. The van der Waals surface area contributed by atoms with Crippen LogP contribution in [0.1, 0.15) is 47.1 Å². The number of aliphatic hydroxyl groups is 1. The van der Waals surface area contributed by atoms with Gasteiger partial charge in [0.15, 0.2) is 0 Å². The van der Waals surface area contributed by atoms with Crippen LogP contribution < -0.4 is 15.4 Å². The molecule has 0 aliphatic carbocycles. The van der Waals surface area contributed by atoms with Crippen LogP contribution in [0.15, 0.2) is 28.8 Å².